The van der Waals surface area contributed by atoms with Crippen molar-refractivity contribution in [1.82, 2.24) is 24.4 Å². The maximum Gasteiger partial charge on any atom is 0.129 e. The van der Waals surface area contributed by atoms with Gasteiger partial charge in [-0.05, 0) is 68.6 Å². The normalized spacial score (nSPS) is 15.1. The van der Waals surface area contributed by atoms with Gasteiger partial charge in [0.05, 0.1) is 11.0 Å². The van der Waals surface area contributed by atoms with E-state index in [0.717, 1.165) is 66.5 Å². The molecule has 1 aliphatic heterocycles. The van der Waals surface area contributed by atoms with Crippen LogP contribution in [0.25, 0.3) is 11.0 Å². The van der Waals surface area contributed by atoms with E-state index in [-0.39, 0.29) is 5.82 Å². The average Bonchev–Trinajstić information content (AvgIpc) is 3.18. The van der Waals surface area contributed by atoms with E-state index < -0.39 is 0 Å². The van der Waals surface area contributed by atoms with Gasteiger partial charge in [-0.2, -0.15) is 0 Å². The Morgan fingerprint density at radius 1 is 1.03 bits per heavy atom. The lowest BCUT2D eigenvalue weighted by molar-refractivity contribution is 0.188. The lowest BCUT2D eigenvalue weighted by Crippen LogP contribution is -2.37. The summed E-state index contributed by atoms with van der Waals surface area (Å²) in [5.41, 5.74) is 4.24. The second-order valence-electron chi connectivity index (χ2n) is 9.19. The second kappa shape index (κ2) is 10.3. The number of hydrogen-bond donors (Lipinski definition) is 1. The van der Waals surface area contributed by atoms with Crippen molar-refractivity contribution in [2.45, 2.75) is 32.7 Å². The molecule has 2 aromatic heterocycles. The van der Waals surface area contributed by atoms with Gasteiger partial charge < -0.3 is 14.8 Å². The molecule has 6 nitrogen and oxygen atoms in total. The number of nitrogens with zero attached hydrogens (tertiary/aromatic N) is 5. The number of aryl methyl sites for hydroxylation is 1. The minimum absolute atomic E-state index is 0.200. The highest BCUT2D eigenvalue weighted by Gasteiger charge is 2.22. The first kappa shape index (κ1) is 22.5. The summed E-state index contributed by atoms with van der Waals surface area (Å²) in [5.74, 6) is 2.44. The van der Waals surface area contributed by atoms with Crippen molar-refractivity contribution in [2.75, 3.05) is 31.5 Å². The molecule has 0 amide bonds. The molecule has 34 heavy (non-hydrogen) atoms. The summed E-state index contributed by atoms with van der Waals surface area (Å²) >= 11 is 0. The molecule has 5 rings (SSSR count). The Morgan fingerprint density at radius 3 is 2.62 bits per heavy atom. The molecule has 1 aliphatic rings. The van der Waals surface area contributed by atoms with Gasteiger partial charge in [0, 0.05) is 37.8 Å². The Bertz CT molecular complexity index is 1230. The zero-order chi connectivity index (χ0) is 23.3. The third-order valence-corrected chi connectivity index (χ3v) is 6.70. The Hall–Kier alpha value is -3.32. The largest absolute Gasteiger partial charge is 0.369 e. The fourth-order valence-electron chi connectivity index (χ4n) is 4.80. The molecule has 0 spiro atoms. The summed E-state index contributed by atoms with van der Waals surface area (Å²) in [6, 6.07) is 17.1. The number of rotatable bonds is 8. The minimum Gasteiger partial charge on any atom is -0.369 e. The van der Waals surface area contributed by atoms with Gasteiger partial charge in [-0.25, -0.2) is 19.3 Å². The highest BCUT2D eigenvalue weighted by Crippen LogP contribution is 2.25. The number of halogens is 1. The van der Waals surface area contributed by atoms with E-state index in [1.807, 2.05) is 31.2 Å². The van der Waals surface area contributed by atoms with E-state index in [1.165, 1.54) is 25.0 Å². The number of benzene rings is 2. The van der Waals surface area contributed by atoms with Crippen LogP contribution in [0.15, 0.2) is 60.9 Å². The standard InChI is InChI=1S/C27H31FN6/c1-20-16-26(31-19-30-20)29-12-15-33-13-10-21(11-14-33)17-27-32-24-4-2-3-5-25(24)34(27)18-22-6-8-23(28)9-7-22/h2-9,16,19,21H,10-15,17-18H2,1H3,(H,29,30,31). The lowest BCUT2D eigenvalue weighted by Gasteiger charge is -2.32. The summed E-state index contributed by atoms with van der Waals surface area (Å²) in [6.07, 6.45) is 4.92. The van der Waals surface area contributed by atoms with Gasteiger partial charge in [0.25, 0.3) is 0 Å². The van der Waals surface area contributed by atoms with Crippen LogP contribution in [0.5, 0.6) is 0 Å². The Balaban J connectivity index is 1.19. The predicted molar refractivity (Wildman–Crippen MR) is 133 cm³/mol. The SMILES string of the molecule is Cc1cc(NCCN2CCC(Cc3nc4ccccc4n3Cc3ccc(F)cc3)CC2)ncn1. The van der Waals surface area contributed by atoms with Crippen LogP contribution in [0.2, 0.25) is 0 Å². The summed E-state index contributed by atoms with van der Waals surface area (Å²) < 4.78 is 15.7. The Kier molecular flexibility index (Phi) is 6.81. The topological polar surface area (TPSA) is 58.9 Å². The number of likely N-dealkylation sites (tertiary alicyclic amines) is 1. The van der Waals surface area contributed by atoms with Crippen molar-refractivity contribution in [3.8, 4) is 0 Å². The van der Waals surface area contributed by atoms with Crippen LogP contribution in [-0.2, 0) is 13.0 Å². The predicted octanol–water partition coefficient (Wildman–Crippen LogP) is 4.69. The molecule has 0 aliphatic carbocycles. The molecule has 1 saturated heterocycles. The van der Waals surface area contributed by atoms with E-state index in [9.17, 15) is 4.39 Å². The first-order chi connectivity index (χ1) is 16.6. The lowest BCUT2D eigenvalue weighted by atomic mass is 9.93. The highest BCUT2D eigenvalue weighted by atomic mass is 19.1. The van der Waals surface area contributed by atoms with E-state index in [2.05, 4.69) is 43.0 Å². The monoisotopic (exact) mass is 458 g/mol. The maximum absolute atomic E-state index is 13.4. The molecule has 0 bridgehead atoms. The highest BCUT2D eigenvalue weighted by molar-refractivity contribution is 5.76. The molecule has 0 unspecified atom stereocenters. The van der Waals surface area contributed by atoms with Crippen LogP contribution in [0, 0.1) is 18.7 Å². The first-order valence-electron chi connectivity index (χ1n) is 12.1. The van der Waals surface area contributed by atoms with Gasteiger partial charge in [0.15, 0.2) is 0 Å². The van der Waals surface area contributed by atoms with Gasteiger partial charge in [0.1, 0.15) is 23.8 Å². The summed E-state index contributed by atoms with van der Waals surface area (Å²) in [5, 5.41) is 3.40. The zero-order valence-electron chi connectivity index (χ0n) is 19.6. The van der Waals surface area contributed by atoms with Crippen LogP contribution in [0.1, 0.15) is 29.9 Å². The van der Waals surface area contributed by atoms with Gasteiger partial charge >= 0.3 is 0 Å². The molecular formula is C27H31FN6. The Morgan fingerprint density at radius 2 is 1.82 bits per heavy atom. The molecule has 4 aromatic rings. The molecule has 7 heteroatoms. The molecular weight excluding hydrogens is 427 g/mol. The smallest absolute Gasteiger partial charge is 0.129 e. The van der Waals surface area contributed by atoms with Gasteiger partial charge in [-0.15, -0.1) is 0 Å². The minimum atomic E-state index is -0.200. The number of aromatic nitrogens is 4. The van der Waals surface area contributed by atoms with E-state index in [0.29, 0.717) is 12.5 Å². The second-order valence-corrected chi connectivity index (χ2v) is 9.19. The van der Waals surface area contributed by atoms with Crippen LogP contribution in [0.4, 0.5) is 10.2 Å². The van der Waals surface area contributed by atoms with Crippen molar-refractivity contribution < 1.29 is 4.39 Å². The maximum atomic E-state index is 13.4. The van der Waals surface area contributed by atoms with Crippen molar-refractivity contribution in [1.29, 1.82) is 0 Å². The van der Waals surface area contributed by atoms with Crippen LogP contribution < -0.4 is 5.32 Å². The number of fused-ring (bicyclic) bond motifs is 1. The van der Waals surface area contributed by atoms with E-state index in [1.54, 1.807) is 6.33 Å². The van der Waals surface area contributed by atoms with Crippen LogP contribution in [0.3, 0.4) is 0 Å². The van der Waals surface area contributed by atoms with E-state index in [4.69, 9.17) is 4.98 Å². The zero-order valence-corrected chi connectivity index (χ0v) is 19.6. The molecule has 1 fully saturated rings. The fraction of sp³-hybridized carbons (Fsp3) is 0.370. The van der Waals surface area contributed by atoms with Gasteiger partial charge in [-0.1, -0.05) is 24.3 Å². The summed E-state index contributed by atoms with van der Waals surface area (Å²) in [4.78, 5) is 15.9. The van der Waals surface area contributed by atoms with Crippen LogP contribution in [-0.4, -0.2) is 50.6 Å². The molecule has 0 radical (unpaired) electrons. The third-order valence-electron chi connectivity index (χ3n) is 6.70. The van der Waals surface area contributed by atoms with E-state index >= 15 is 0 Å². The molecule has 2 aromatic carbocycles. The first-order valence-corrected chi connectivity index (χ1v) is 12.1. The Labute approximate surface area is 199 Å². The molecule has 0 saturated carbocycles. The number of nitrogens with one attached hydrogen (secondary N) is 1. The van der Waals surface area contributed by atoms with Crippen molar-refractivity contribution in [3.63, 3.8) is 0 Å². The van der Waals surface area contributed by atoms with Crippen molar-refractivity contribution in [3.05, 3.63) is 83.8 Å². The number of para-hydroxylation sites is 2. The molecule has 1 N–H and O–H groups in total. The molecule has 0 atom stereocenters. The number of piperidine rings is 1. The molecule has 176 valence electrons. The number of hydrogen-bond acceptors (Lipinski definition) is 5. The summed E-state index contributed by atoms with van der Waals surface area (Å²) in [6.45, 7) is 6.79. The summed E-state index contributed by atoms with van der Waals surface area (Å²) in [7, 11) is 0. The number of imidazole rings is 1. The van der Waals surface area contributed by atoms with Crippen molar-refractivity contribution >= 4 is 16.9 Å². The molecule has 3 heterocycles. The van der Waals surface area contributed by atoms with Gasteiger partial charge in [-0.3, -0.25) is 0 Å². The van der Waals surface area contributed by atoms with Crippen LogP contribution >= 0.6 is 0 Å². The fourth-order valence-corrected chi connectivity index (χ4v) is 4.80. The van der Waals surface area contributed by atoms with Gasteiger partial charge in [0.2, 0.25) is 0 Å². The third kappa shape index (κ3) is 5.42. The average molecular weight is 459 g/mol. The quantitative estimate of drug-likeness (QED) is 0.415. The number of anilines is 1. The van der Waals surface area contributed by atoms with Crippen molar-refractivity contribution in [2.24, 2.45) is 5.92 Å².